The van der Waals surface area contributed by atoms with Crippen LogP contribution in [0.1, 0.15) is 45.4 Å². The summed E-state index contributed by atoms with van der Waals surface area (Å²) in [6, 6.07) is 10.2. The van der Waals surface area contributed by atoms with Gasteiger partial charge in [-0.05, 0) is 37.8 Å². The Morgan fingerprint density at radius 2 is 2.00 bits per heavy atom. The molecule has 1 aliphatic rings. The fourth-order valence-corrected chi connectivity index (χ4v) is 2.96. The summed E-state index contributed by atoms with van der Waals surface area (Å²) in [6.45, 7) is 6.23. The minimum atomic E-state index is 0.0326. The summed E-state index contributed by atoms with van der Waals surface area (Å²) in [5, 5.41) is 8.31. The van der Waals surface area contributed by atoms with Gasteiger partial charge in [0.2, 0.25) is 11.1 Å². The lowest BCUT2D eigenvalue weighted by Gasteiger charge is -2.16. The zero-order chi connectivity index (χ0) is 17.1. The predicted molar refractivity (Wildman–Crippen MR) is 96.5 cm³/mol. The maximum Gasteiger partial charge on any atom is 0.230 e. The van der Waals surface area contributed by atoms with E-state index in [0.29, 0.717) is 22.7 Å². The molecule has 0 saturated heterocycles. The van der Waals surface area contributed by atoms with Gasteiger partial charge < -0.3 is 5.32 Å². The van der Waals surface area contributed by atoms with Gasteiger partial charge in [0.1, 0.15) is 5.82 Å². The number of rotatable bonds is 7. The summed E-state index contributed by atoms with van der Waals surface area (Å²) < 4.78 is 1.93. The molecule has 1 heterocycles. The van der Waals surface area contributed by atoms with Crippen molar-refractivity contribution < 1.29 is 4.79 Å². The van der Waals surface area contributed by atoms with Gasteiger partial charge in [0.25, 0.3) is 0 Å². The van der Waals surface area contributed by atoms with Crippen LogP contribution >= 0.6 is 11.8 Å². The zero-order valence-corrected chi connectivity index (χ0v) is 15.2. The smallest absolute Gasteiger partial charge is 0.230 e. The quantitative estimate of drug-likeness (QED) is 0.782. The fourth-order valence-electron chi connectivity index (χ4n) is 2.32. The molecular formula is C18H24N4OS. The number of hydrogen-bond acceptors (Lipinski definition) is 4. The molecule has 2 aromatic rings. The number of amides is 1. The summed E-state index contributed by atoms with van der Waals surface area (Å²) in [6.07, 6.45) is 2.34. The highest BCUT2D eigenvalue weighted by molar-refractivity contribution is 7.99. The van der Waals surface area contributed by atoms with E-state index in [0.717, 1.165) is 11.5 Å². The van der Waals surface area contributed by atoms with E-state index in [1.807, 2.05) is 41.9 Å². The predicted octanol–water partition coefficient (Wildman–Crippen LogP) is 3.40. The first-order chi connectivity index (χ1) is 11.5. The Bertz CT molecular complexity index is 694. The van der Waals surface area contributed by atoms with E-state index in [1.165, 1.54) is 24.6 Å². The van der Waals surface area contributed by atoms with Gasteiger partial charge >= 0.3 is 0 Å². The molecule has 3 rings (SSSR count). The Hall–Kier alpha value is -1.82. The second-order valence-electron chi connectivity index (χ2n) is 6.66. The maximum absolute atomic E-state index is 12.0. The fraction of sp³-hybridized carbons (Fsp3) is 0.500. The van der Waals surface area contributed by atoms with E-state index in [-0.39, 0.29) is 11.9 Å². The maximum atomic E-state index is 12.0. The van der Waals surface area contributed by atoms with Crippen molar-refractivity contribution in [3.8, 4) is 5.69 Å². The summed E-state index contributed by atoms with van der Waals surface area (Å²) in [5.74, 6) is 2.32. The third-order valence-electron chi connectivity index (χ3n) is 4.28. The van der Waals surface area contributed by atoms with E-state index in [4.69, 9.17) is 0 Å². The van der Waals surface area contributed by atoms with E-state index in [1.54, 1.807) is 0 Å². The van der Waals surface area contributed by atoms with Crippen molar-refractivity contribution in [1.29, 1.82) is 0 Å². The normalized spacial score (nSPS) is 15.5. The first kappa shape index (κ1) is 17.0. The van der Waals surface area contributed by atoms with Gasteiger partial charge in [-0.15, -0.1) is 5.10 Å². The average molecular weight is 344 g/mol. The second kappa shape index (κ2) is 7.38. The molecule has 1 saturated carbocycles. The minimum Gasteiger partial charge on any atom is -0.353 e. The van der Waals surface area contributed by atoms with Gasteiger partial charge in [-0.3, -0.25) is 4.79 Å². The lowest BCUT2D eigenvalue weighted by molar-refractivity contribution is -0.119. The number of aromatic nitrogens is 3. The monoisotopic (exact) mass is 344 g/mol. The first-order valence-corrected chi connectivity index (χ1v) is 9.47. The molecule has 1 aliphatic carbocycles. The van der Waals surface area contributed by atoms with Gasteiger partial charge in [0.05, 0.1) is 11.4 Å². The molecule has 1 aromatic heterocycles. The van der Waals surface area contributed by atoms with E-state index < -0.39 is 0 Å². The molecule has 1 N–H and O–H groups in total. The number of benzene rings is 1. The van der Waals surface area contributed by atoms with Gasteiger partial charge in [-0.2, -0.15) is 0 Å². The molecule has 0 aliphatic heterocycles. The standard InChI is InChI=1S/C18H24N4OS/c1-12(2)13(3)19-16(23)11-24-18-20-17(14-9-10-14)22(21-18)15-7-5-4-6-8-15/h4-8,12-14H,9-11H2,1-3H3,(H,19,23). The summed E-state index contributed by atoms with van der Waals surface area (Å²) >= 11 is 1.40. The molecule has 6 heteroatoms. The summed E-state index contributed by atoms with van der Waals surface area (Å²) in [7, 11) is 0. The third-order valence-corrected chi connectivity index (χ3v) is 5.11. The molecule has 0 radical (unpaired) electrons. The van der Waals surface area contributed by atoms with Crippen LogP contribution in [0.5, 0.6) is 0 Å². The number of carbonyl (C=O) groups is 1. The van der Waals surface area contributed by atoms with Crippen LogP contribution < -0.4 is 5.32 Å². The van der Waals surface area contributed by atoms with Crippen LogP contribution in [0.3, 0.4) is 0 Å². The topological polar surface area (TPSA) is 59.8 Å². The molecule has 1 unspecified atom stereocenters. The zero-order valence-electron chi connectivity index (χ0n) is 14.4. The SMILES string of the molecule is CC(C)C(C)NC(=O)CSc1nc(C2CC2)n(-c2ccccc2)n1. The van der Waals surface area contributed by atoms with Crippen molar-refractivity contribution in [2.45, 2.75) is 50.7 Å². The second-order valence-corrected chi connectivity index (χ2v) is 7.61. The molecule has 0 spiro atoms. The molecule has 1 atom stereocenters. The van der Waals surface area contributed by atoms with Crippen molar-refractivity contribution in [2.24, 2.45) is 5.92 Å². The van der Waals surface area contributed by atoms with E-state index in [9.17, 15) is 4.79 Å². The molecule has 1 amide bonds. The van der Waals surface area contributed by atoms with Crippen LogP contribution in [0, 0.1) is 5.92 Å². The van der Waals surface area contributed by atoms with Crippen molar-refractivity contribution in [3.63, 3.8) is 0 Å². The Morgan fingerprint density at radius 1 is 1.29 bits per heavy atom. The highest BCUT2D eigenvalue weighted by Crippen LogP contribution is 2.40. The van der Waals surface area contributed by atoms with Crippen LogP contribution in [0.15, 0.2) is 35.5 Å². The third kappa shape index (κ3) is 4.17. The van der Waals surface area contributed by atoms with E-state index >= 15 is 0 Å². The number of para-hydroxylation sites is 1. The molecule has 0 bridgehead atoms. The number of hydrogen-bond donors (Lipinski definition) is 1. The Labute approximate surface area is 147 Å². The van der Waals surface area contributed by atoms with Crippen molar-refractivity contribution >= 4 is 17.7 Å². The lowest BCUT2D eigenvalue weighted by atomic mass is 10.1. The van der Waals surface area contributed by atoms with Crippen LogP contribution in [0.25, 0.3) is 5.69 Å². The average Bonchev–Trinajstić information content (AvgIpc) is 3.33. The Balaban J connectivity index is 1.68. The van der Waals surface area contributed by atoms with Crippen molar-refractivity contribution in [3.05, 3.63) is 36.2 Å². The van der Waals surface area contributed by atoms with Crippen LogP contribution in [-0.2, 0) is 4.79 Å². The van der Waals surface area contributed by atoms with E-state index in [2.05, 4.69) is 29.2 Å². The molecule has 1 aromatic carbocycles. The molecular weight excluding hydrogens is 320 g/mol. The summed E-state index contributed by atoms with van der Waals surface area (Å²) in [4.78, 5) is 16.7. The lowest BCUT2D eigenvalue weighted by Crippen LogP contribution is -2.37. The van der Waals surface area contributed by atoms with Gasteiger partial charge in [-0.1, -0.05) is 43.8 Å². The van der Waals surface area contributed by atoms with Crippen molar-refractivity contribution in [2.75, 3.05) is 5.75 Å². The van der Waals surface area contributed by atoms with Gasteiger partial charge in [0.15, 0.2) is 0 Å². The minimum absolute atomic E-state index is 0.0326. The molecule has 128 valence electrons. The summed E-state index contributed by atoms with van der Waals surface area (Å²) in [5.41, 5.74) is 1.02. The molecule has 24 heavy (non-hydrogen) atoms. The number of thioether (sulfide) groups is 1. The molecule has 5 nitrogen and oxygen atoms in total. The van der Waals surface area contributed by atoms with Crippen LogP contribution in [0.4, 0.5) is 0 Å². The van der Waals surface area contributed by atoms with Crippen molar-refractivity contribution in [1.82, 2.24) is 20.1 Å². The molecule has 1 fully saturated rings. The number of nitrogens with zero attached hydrogens (tertiary/aromatic N) is 3. The van der Waals surface area contributed by atoms with Crippen LogP contribution in [0.2, 0.25) is 0 Å². The highest BCUT2D eigenvalue weighted by atomic mass is 32.2. The number of nitrogens with one attached hydrogen (secondary N) is 1. The number of carbonyl (C=O) groups excluding carboxylic acids is 1. The van der Waals surface area contributed by atoms with Gasteiger partial charge in [0, 0.05) is 12.0 Å². The Kier molecular flexibility index (Phi) is 5.23. The Morgan fingerprint density at radius 3 is 2.62 bits per heavy atom. The highest BCUT2D eigenvalue weighted by Gasteiger charge is 2.30. The van der Waals surface area contributed by atoms with Crippen LogP contribution in [-0.4, -0.2) is 32.5 Å². The van der Waals surface area contributed by atoms with Gasteiger partial charge in [-0.25, -0.2) is 9.67 Å². The first-order valence-electron chi connectivity index (χ1n) is 8.49. The largest absolute Gasteiger partial charge is 0.353 e.